The van der Waals surface area contributed by atoms with Crippen LogP contribution in [0.4, 0.5) is 4.39 Å². The molecule has 7 atom stereocenters. The lowest BCUT2D eigenvalue weighted by molar-refractivity contribution is -0.198. The van der Waals surface area contributed by atoms with Crippen LogP contribution >= 0.6 is 0 Å². The summed E-state index contributed by atoms with van der Waals surface area (Å²) in [6.45, 7) is 8.18. The Labute approximate surface area is 241 Å². The number of methoxy groups -OCH3 is 1. The van der Waals surface area contributed by atoms with Crippen molar-refractivity contribution in [2.75, 3.05) is 20.3 Å². The van der Waals surface area contributed by atoms with Crippen LogP contribution in [0.5, 0.6) is 0 Å². The number of unbranched alkanes of at least 4 members (excludes halogenated alkanes) is 1. The molecule has 0 aromatic carbocycles. The van der Waals surface area contributed by atoms with Crippen LogP contribution in [0.25, 0.3) is 0 Å². The molecule has 1 aliphatic carbocycles. The molecule has 40 heavy (non-hydrogen) atoms. The maximum atomic E-state index is 15.6. The van der Waals surface area contributed by atoms with Gasteiger partial charge >= 0.3 is 5.97 Å². The van der Waals surface area contributed by atoms with Crippen molar-refractivity contribution in [1.82, 2.24) is 0 Å². The highest BCUT2D eigenvalue weighted by Crippen LogP contribution is 2.42. The fourth-order valence-corrected chi connectivity index (χ4v) is 5.94. The fourth-order valence-electron chi connectivity index (χ4n) is 5.94. The van der Waals surface area contributed by atoms with E-state index in [1.165, 1.54) is 13.2 Å². The van der Waals surface area contributed by atoms with Crippen LogP contribution in [-0.4, -0.2) is 57.3 Å². The smallest absolute Gasteiger partial charge is 0.330 e. The van der Waals surface area contributed by atoms with Crippen molar-refractivity contribution in [3.63, 3.8) is 0 Å². The zero-order valence-corrected chi connectivity index (χ0v) is 25.2. The molecule has 3 aliphatic rings. The molecule has 228 valence electrons. The first-order valence-corrected chi connectivity index (χ1v) is 15.6. The molecule has 2 unspecified atom stereocenters. The van der Waals surface area contributed by atoms with Gasteiger partial charge in [0.1, 0.15) is 6.17 Å². The number of allylic oxidation sites excluding steroid dienone is 3. The van der Waals surface area contributed by atoms with Crippen LogP contribution in [0.1, 0.15) is 97.8 Å². The van der Waals surface area contributed by atoms with Crippen LogP contribution in [0.2, 0.25) is 0 Å². The quantitative estimate of drug-likeness (QED) is 0.116. The highest BCUT2D eigenvalue weighted by atomic mass is 19.1. The summed E-state index contributed by atoms with van der Waals surface area (Å²) < 4.78 is 45.0. The Morgan fingerprint density at radius 1 is 1.05 bits per heavy atom. The summed E-state index contributed by atoms with van der Waals surface area (Å²) in [6, 6.07) is 0. The molecule has 0 aromatic heterocycles. The Morgan fingerprint density at radius 2 is 1.77 bits per heavy atom. The van der Waals surface area contributed by atoms with Gasteiger partial charge in [-0.1, -0.05) is 64.0 Å². The van der Waals surface area contributed by atoms with Crippen molar-refractivity contribution in [1.29, 1.82) is 0 Å². The van der Waals surface area contributed by atoms with Crippen molar-refractivity contribution in [2.24, 2.45) is 17.3 Å². The first-order chi connectivity index (χ1) is 19.3. The van der Waals surface area contributed by atoms with Gasteiger partial charge in [0.2, 0.25) is 0 Å². The minimum absolute atomic E-state index is 0.0781. The Morgan fingerprint density at radius 3 is 2.42 bits per heavy atom. The first-order valence-electron chi connectivity index (χ1n) is 15.6. The van der Waals surface area contributed by atoms with E-state index in [4.69, 9.17) is 18.9 Å². The van der Waals surface area contributed by atoms with Crippen LogP contribution in [-0.2, 0) is 28.5 Å². The van der Waals surface area contributed by atoms with Crippen LogP contribution in [0, 0.1) is 17.3 Å². The normalized spacial score (nSPS) is 30.9. The average molecular weight is 565 g/mol. The van der Waals surface area contributed by atoms with E-state index in [2.05, 4.69) is 37.7 Å². The number of hydrogen-bond acceptors (Lipinski definition) is 6. The highest BCUT2D eigenvalue weighted by molar-refractivity contribution is 5.81. The minimum Gasteiger partial charge on any atom is -0.466 e. The summed E-state index contributed by atoms with van der Waals surface area (Å²) in [7, 11) is 1.36. The predicted octanol–water partition coefficient (Wildman–Crippen LogP) is 7.62. The van der Waals surface area contributed by atoms with Gasteiger partial charge in [-0.25, -0.2) is 9.18 Å². The topological polar surface area (TPSA) is 63.2 Å². The molecule has 7 heteroatoms. The molecule has 6 nitrogen and oxygen atoms in total. The summed E-state index contributed by atoms with van der Waals surface area (Å²) in [4.78, 5) is 11.3. The van der Waals surface area contributed by atoms with Crippen molar-refractivity contribution < 1.29 is 32.9 Å². The first kappa shape index (κ1) is 33.0. The maximum absolute atomic E-state index is 15.6. The monoisotopic (exact) mass is 564 g/mol. The summed E-state index contributed by atoms with van der Waals surface area (Å²) in [5.74, 6) is -0.660. The summed E-state index contributed by atoms with van der Waals surface area (Å²) >= 11 is 0. The zero-order valence-electron chi connectivity index (χ0n) is 25.2. The molecule has 0 aromatic rings. The standard InChI is InChI=1S/C33H53FO6/c1-5-6-21-33(2,3)29(40-32-18-12-14-23-38-32)20-19-26-25(15-9-7-8-10-16-30(35)36-4)27(34)24-28(26)39-31-17-11-13-22-37-31/h7,9-10,16,19-20,25-29,31-32H,5-6,8,11-15,17-18,21-24H2,1-4H3/t25-,26-,27-,28-,29-,31?,32?/m1/s1. The third kappa shape index (κ3) is 10.7. The van der Waals surface area contributed by atoms with Gasteiger partial charge in [-0.15, -0.1) is 0 Å². The van der Waals surface area contributed by atoms with Gasteiger partial charge in [-0.2, -0.15) is 0 Å². The lowest BCUT2D eigenvalue weighted by Crippen LogP contribution is -2.37. The number of ether oxygens (including phenoxy) is 5. The SMILES string of the molecule is CCCCC(C)(C)[C@@H](C=C[C@@H]1[C@@H](CC=CCC=CC(=O)OC)[C@H](F)C[C@H]1OC1CCCCO1)OC1CCCCO1. The van der Waals surface area contributed by atoms with Gasteiger partial charge in [0.25, 0.3) is 0 Å². The van der Waals surface area contributed by atoms with E-state index in [1.54, 1.807) is 6.08 Å². The number of carbonyl (C=O) groups is 1. The number of halogens is 1. The van der Waals surface area contributed by atoms with Crippen LogP contribution in [0.3, 0.4) is 0 Å². The van der Waals surface area contributed by atoms with E-state index in [0.29, 0.717) is 25.9 Å². The molecule has 0 spiro atoms. The fraction of sp³-hybridized carbons (Fsp3) is 0.788. The van der Waals surface area contributed by atoms with Gasteiger partial charge in [0.15, 0.2) is 12.6 Å². The van der Waals surface area contributed by atoms with Crippen LogP contribution in [0.15, 0.2) is 36.5 Å². The number of hydrogen-bond donors (Lipinski definition) is 0. The van der Waals surface area contributed by atoms with Crippen molar-refractivity contribution in [3.05, 3.63) is 36.5 Å². The number of esters is 1. The molecule has 1 saturated carbocycles. The van der Waals surface area contributed by atoms with E-state index in [-0.39, 0.29) is 48.0 Å². The lowest BCUT2D eigenvalue weighted by atomic mass is 9.80. The largest absolute Gasteiger partial charge is 0.466 e. The highest BCUT2D eigenvalue weighted by Gasteiger charge is 2.44. The molecule has 2 saturated heterocycles. The molecule has 0 amide bonds. The Kier molecular flexibility index (Phi) is 14.4. The third-order valence-corrected chi connectivity index (χ3v) is 8.50. The van der Waals surface area contributed by atoms with Gasteiger partial charge in [0, 0.05) is 37.5 Å². The van der Waals surface area contributed by atoms with Crippen molar-refractivity contribution in [3.8, 4) is 0 Å². The summed E-state index contributed by atoms with van der Waals surface area (Å²) in [6.07, 6.45) is 20.7. The Hall–Kier alpha value is -1.54. The molecular weight excluding hydrogens is 511 g/mol. The van der Waals surface area contributed by atoms with Gasteiger partial charge in [0.05, 0.1) is 19.3 Å². The van der Waals surface area contributed by atoms with Gasteiger partial charge in [-0.05, 0) is 63.2 Å². The lowest BCUT2D eigenvalue weighted by Gasteiger charge is -2.36. The van der Waals surface area contributed by atoms with E-state index >= 15 is 4.39 Å². The molecule has 0 radical (unpaired) electrons. The van der Waals surface area contributed by atoms with Gasteiger partial charge in [-0.3, -0.25) is 0 Å². The second kappa shape index (κ2) is 17.4. The molecular formula is C33H53FO6. The number of carbonyl (C=O) groups excluding carboxylic acids is 1. The maximum Gasteiger partial charge on any atom is 0.330 e. The zero-order chi connectivity index (χ0) is 28.8. The Balaban J connectivity index is 1.76. The number of rotatable bonds is 15. The van der Waals surface area contributed by atoms with Crippen LogP contribution < -0.4 is 0 Å². The second-order valence-electron chi connectivity index (χ2n) is 12.2. The third-order valence-electron chi connectivity index (χ3n) is 8.50. The van der Waals surface area contributed by atoms with Crippen molar-refractivity contribution >= 4 is 5.97 Å². The Bertz CT molecular complexity index is 812. The summed E-state index contributed by atoms with van der Waals surface area (Å²) in [5, 5.41) is 0. The van der Waals surface area contributed by atoms with Gasteiger partial charge < -0.3 is 23.7 Å². The van der Waals surface area contributed by atoms with E-state index in [0.717, 1.165) is 64.4 Å². The van der Waals surface area contributed by atoms with E-state index in [1.807, 2.05) is 12.2 Å². The summed E-state index contributed by atoms with van der Waals surface area (Å²) in [5.41, 5.74) is -0.0781. The molecule has 2 aliphatic heterocycles. The molecule has 0 N–H and O–H groups in total. The minimum atomic E-state index is -0.965. The molecule has 2 heterocycles. The van der Waals surface area contributed by atoms with Crippen molar-refractivity contribution in [2.45, 2.75) is 129 Å². The second-order valence-corrected chi connectivity index (χ2v) is 12.2. The van der Waals surface area contributed by atoms with E-state index < -0.39 is 6.17 Å². The average Bonchev–Trinajstić information content (AvgIpc) is 3.25. The molecule has 3 fully saturated rings. The molecule has 3 rings (SSSR count). The van der Waals surface area contributed by atoms with E-state index in [9.17, 15) is 4.79 Å². The molecule has 0 bridgehead atoms. The predicted molar refractivity (Wildman–Crippen MR) is 155 cm³/mol. The number of alkyl halides is 1.